The molecule has 0 spiro atoms. The molecule has 1 heterocycles. The van der Waals surface area contributed by atoms with Crippen molar-refractivity contribution in [3.63, 3.8) is 0 Å². The summed E-state index contributed by atoms with van der Waals surface area (Å²) in [6, 6.07) is 4.57. The van der Waals surface area contributed by atoms with E-state index in [4.69, 9.17) is 9.47 Å². The lowest BCUT2D eigenvalue weighted by molar-refractivity contribution is -0.139. The first-order valence-electron chi connectivity index (χ1n) is 7.20. The Morgan fingerprint density at radius 3 is 3.00 bits per heavy atom. The molecular formula is C15H19N3O5. The Labute approximate surface area is 133 Å². The third-order valence-electron chi connectivity index (χ3n) is 3.30. The van der Waals surface area contributed by atoms with Crippen molar-refractivity contribution >= 4 is 18.0 Å². The number of nitrogens with one attached hydrogen (secondary N) is 2. The van der Waals surface area contributed by atoms with Crippen LogP contribution < -0.4 is 15.5 Å². The van der Waals surface area contributed by atoms with Crippen molar-refractivity contribution in [2.45, 2.75) is 18.9 Å². The lowest BCUT2D eigenvalue weighted by Crippen LogP contribution is -2.41. The van der Waals surface area contributed by atoms with Crippen LogP contribution in [0.15, 0.2) is 23.3 Å². The Morgan fingerprint density at radius 1 is 1.48 bits per heavy atom. The summed E-state index contributed by atoms with van der Waals surface area (Å²) >= 11 is 0. The van der Waals surface area contributed by atoms with Crippen LogP contribution in [0.5, 0.6) is 11.5 Å². The maximum atomic E-state index is 11.6. The SMILES string of the molecule is COc1cc(/C=N/NC(=O)C(=O)NCC2CCCO2)ccc1O. The van der Waals surface area contributed by atoms with Crippen molar-refractivity contribution in [2.24, 2.45) is 5.10 Å². The van der Waals surface area contributed by atoms with Crippen LogP contribution in [0, 0.1) is 0 Å². The normalized spacial score (nSPS) is 17.2. The third kappa shape index (κ3) is 4.96. The predicted molar refractivity (Wildman–Crippen MR) is 82.4 cm³/mol. The van der Waals surface area contributed by atoms with Crippen LogP contribution in [0.4, 0.5) is 0 Å². The van der Waals surface area contributed by atoms with Crippen LogP contribution in [0.3, 0.4) is 0 Å². The lowest BCUT2D eigenvalue weighted by Gasteiger charge is -2.09. The van der Waals surface area contributed by atoms with Gasteiger partial charge in [0.1, 0.15) is 0 Å². The predicted octanol–water partition coefficient (Wildman–Crippen LogP) is 0.146. The van der Waals surface area contributed by atoms with Crippen LogP contribution in [0.1, 0.15) is 18.4 Å². The molecule has 124 valence electrons. The molecule has 23 heavy (non-hydrogen) atoms. The first-order chi connectivity index (χ1) is 11.1. The molecule has 1 aliphatic heterocycles. The van der Waals surface area contributed by atoms with E-state index < -0.39 is 11.8 Å². The second-order valence-electron chi connectivity index (χ2n) is 4.98. The molecule has 1 fully saturated rings. The van der Waals surface area contributed by atoms with Crippen molar-refractivity contribution in [1.82, 2.24) is 10.7 Å². The molecular weight excluding hydrogens is 302 g/mol. The van der Waals surface area contributed by atoms with Gasteiger partial charge in [0, 0.05) is 13.2 Å². The van der Waals surface area contributed by atoms with Crippen molar-refractivity contribution in [1.29, 1.82) is 0 Å². The van der Waals surface area contributed by atoms with E-state index in [2.05, 4.69) is 15.8 Å². The van der Waals surface area contributed by atoms with Gasteiger partial charge in [-0.05, 0) is 36.6 Å². The van der Waals surface area contributed by atoms with Gasteiger partial charge in [0.2, 0.25) is 0 Å². The van der Waals surface area contributed by atoms with Gasteiger partial charge in [0.05, 0.1) is 19.4 Å². The molecule has 1 saturated heterocycles. The van der Waals surface area contributed by atoms with Gasteiger partial charge < -0.3 is 19.9 Å². The number of benzene rings is 1. The minimum Gasteiger partial charge on any atom is -0.504 e. The van der Waals surface area contributed by atoms with Crippen LogP contribution in [0.2, 0.25) is 0 Å². The zero-order valence-electron chi connectivity index (χ0n) is 12.7. The van der Waals surface area contributed by atoms with Gasteiger partial charge in [-0.2, -0.15) is 5.10 Å². The fourth-order valence-corrected chi connectivity index (χ4v) is 2.08. The number of carbonyl (C=O) groups is 2. The van der Waals surface area contributed by atoms with Gasteiger partial charge in [-0.25, -0.2) is 5.43 Å². The largest absolute Gasteiger partial charge is 0.504 e. The zero-order valence-corrected chi connectivity index (χ0v) is 12.7. The van der Waals surface area contributed by atoms with Gasteiger partial charge >= 0.3 is 11.8 Å². The topological polar surface area (TPSA) is 109 Å². The first kappa shape index (κ1) is 16.8. The van der Waals surface area contributed by atoms with Crippen LogP contribution in [-0.2, 0) is 14.3 Å². The Hall–Kier alpha value is -2.61. The fraction of sp³-hybridized carbons (Fsp3) is 0.400. The van der Waals surface area contributed by atoms with Crippen LogP contribution in [-0.4, -0.2) is 49.5 Å². The first-order valence-corrected chi connectivity index (χ1v) is 7.20. The Balaban J connectivity index is 1.79. The molecule has 8 nitrogen and oxygen atoms in total. The van der Waals surface area contributed by atoms with E-state index in [1.165, 1.54) is 19.4 Å². The number of hydrazone groups is 1. The van der Waals surface area contributed by atoms with E-state index in [0.717, 1.165) is 12.8 Å². The number of phenolic OH excluding ortho intramolecular Hbond substituents is 1. The number of hydrogen-bond acceptors (Lipinski definition) is 6. The zero-order chi connectivity index (χ0) is 16.7. The molecule has 0 aromatic heterocycles. The number of nitrogens with zero attached hydrogens (tertiary/aromatic N) is 1. The summed E-state index contributed by atoms with van der Waals surface area (Å²) in [4.78, 5) is 23.2. The molecule has 1 aliphatic rings. The van der Waals surface area contributed by atoms with E-state index in [0.29, 0.717) is 18.7 Å². The Kier molecular flexibility index (Phi) is 5.93. The maximum absolute atomic E-state index is 11.6. The number of carbonyl (C=O) groups excluding carboxylic acids is 2. The quantitative estimate of drug-likeness (QED) is 0.406. The summed E-state index contributed by atoms with van der Waals surface area (Å²) in [5.41, 5.74) is 2.73. The van der Waals surface area contributed by atoms with Gasteiger partial charge in [0.25, 0.3) is 0 Å². The number of methoxy groups -OCH3 is 1. The van der Waals surface area contributed by atoms with Crippen molar-refractivity contribution < 1.29 is 24.2 Å². The number of aromatic hydroxyl groups is 1. The van der Waals surface area contributed by atoms with Gasteiger partial charge in [-0.3, -0.25) is 9.59 Å². The lowest BCUT2D eigenvalue weighted by atomic mass is 10.2. The minimum absolute atomic E-state index is 0.00203. The van der Waals surface area contributed by atoms with Crippen molar-refractivity contribution in [3.05, 3.63) is 23.8 Å². The summed E-state index contributed by atoms with van der Waals surface area (Å²) in [6.45, 7) is 0.998. The van der Waals surface area contributed by atoms with E-state index in [9.17, 15) is 14.7 Å². The van der Waals surface area contributed by atoms with E-state index >= 15 is 0 Å². The molecule has 1 aromatic rings. The Bertz CT molecular complexity index is 597. The summed E-state index contributed by atoms with van der Waals surface area (Å²) in [6.07, 6.45) is 3.16. The summed E-state index contributed by atoms with van der Waals surface area (Å²) < 4.78 is 10.3. The molecule has 1 atom stereocenters. The van der Waals surface area contributed by atoms with E-state index in [-0.39, 0.29) is 17.6 Å². The van der Waals surface area contributed by atoms with Gasteiger partial charge in [0.15, 0.2) is 11.5 Å². The second kappa shape index (κ2) is 8.14. The molecule has 1 unspecified atom stereocenters. The molecule has 0 radical (unpaired) electrons. The highest BCUT2D eigenvalue weighted by Crippen LogP contribution is 2.25. The number of amides is 2. The molecule has 0 bridgehead atoms. The summed E-state index contributed by atoms with van der Waals surface area (Å²) in [7, 11) is 1.43. The standard InChI is InChI=1S/C15H19N3O5/c1-22-13-7-10(4-5-12(13)19)8-17-18-15(21)14(20)16-9-11-3-2-6-23-11/h4-5,7-8,11,19H,2-3,6,9H2,1H3,(H,16,20)(H,18,21)/b17-8+. The maximum Gasteiger partial charge on any atom is 0.329 e. The van der Waals surface area contributed by atoms with Gasteiger partial charge in [-0.1, -0.05) is 0 Å². The van der Waals surface area contributed by atoms with Gasteiger partial charge in [-0.15, -0.1) is 0 Å². The minimum atomic E-state index is -0.856. The number of hydrogen-bond donors (Lipinski definition) is 3. The van der Waals surface area contributed by atoms with E-state index in [1.54, 1.807) is 12.1 Å². The molecule has 2 amide bonds. The molecule has 8 heteroatoms. The molecule has 2 rings (SSSR count). The highest BCUT2D eigenvalue weighted by atomic mass is 16.5. The average molecular weight is 321 g/mol. The fourth-order valence-electron chi connectivity index (χ4n) is 2.08. The highest BCUT2D eigenvalue weighted by molar-refractivity contribution is 6.35. The molecule has 0 aliphatic carbocycles. The number of ether oxygens (including phenoxy) is 2. The second-order valence-corrected chi connectivity index (χ2v) is 4.98. The number of phenols is 1. The number of rotatable bonds is 5. The molecule has 3 N–H and O–H groups in total. The van der Waals surface area contributed by atoms with Crippen molar-refractivity contribution in [3.8, 4) is 11.5 Å². The van der Waals surface area contributed by atoms with E-state index in [1.807, 2.05) is 0 Å². The van der Waals surface area contributed by atoms with Crippen LogP contribution in [0.25, 0.3) is 0 Å². The van der Waals surface area contributed by atoms with Crippen molar-refractivity contribution in [2.75, 3.05) is 20.3 Å². The summed E-state index contributed by atoms with van der Waals surface area (Å²) in [5.74, 6) is -1.33. The smallest absolute Gasteiger partial charge is 0.329 e. The monoisotopic (exact) mass is 321 g/mol. The van der Waals surface area contributed by atoms with Crippen LogP contribution >= 0.6 is 0 Å². The molecule has 1 aromatic carbocycles. The average Bonchev–Trinajstić information content (AvgIpc) is 3.07. The highest BCUT2D eigenvalue weighted by Gasteiger charge is 2.18. The molecule has 0 saturated carbocycles. The summed E-state index contributed by atoms with van der Waals surface area (Å²) in [5, 5.41) is 15.7. The third-order valence-corrected chi connectivity index (χ3v) is 3.30. The Morgan fingerprint density at radius 2 is 2.30 bits per heavy atom.